The van der Waals surface area contributed by atoms with Crippen molar-refractivity contribution in [3.8, 4) is 0 Å². The minimum Gasteiger partial charge on any atom is -0.211 e. The molecular weight excluding hydrogens is 169 g/mol. The first-order chi connectivity index (χ1) is 6.15. The van der Waals surface area contributed by atoms with E-state index in [0.717, 1.165) is 5.56 Å². The van der Waals surface area contributed by atoms with E-state index in [9.17, 15) is 9.18 Å². The zero-order valence-electron chi connectivity index (χ0n) is 7.60. The number of nitrogens with zero attached hydrogens (tertiary/aromatic N) is 1. The number of isocyanates is 1. The van der Waals surface area contributed by atoms with E-state index in [1.54, 1.807) is 26.0 Å². The average Bonchev–Trinajstić information content (AvgIpc) is 2.10. The van der Waals surface area contributed by atoms with Gasteiger partial charge >= 0.3 is 0 Å². The van der Waals surface area contributed by atoms with Gasteiger partial charge in [-0.15, -0.1) is 0 Å². The Morgan fingerprint density at radius 1 is 1.38 bits per heavy atom. The summed E-state index contributed by atoms with van der Waals surface area (Å²) < 4.78 is 13.1. The van der Waals surface area contributed by atoms with Gasteiger partial charge in [-0.1, -0.05) is 12.1 Å². The summed E-state index contributed by atoms with van der Waals surface area (Å²) in [4.78, 5) is 13.3. The van der Waals surface area contributed by atoms with Crippen LogP contribution >= 0.6 is 0 Å². The number of rotatable bonds is 2. The van der Waals surface area contributed by atoms with Crippen LogP contribution in [0.1, 0.15) is 16.7 Å². The highest BCUT2D eigenvalue weighted by molar-refractivity contribution is 5.35. The predicted molar refractivity (Wildman–Crippen MR) is 47.7 cm³/mol. The van der Waals surface area contributed by atoms with Crippen molar-refractivity contribution in [3.05, 3.63) is 34.6 Å². The van der Waals surface area contributed by atoms with Gasteiger partial charge in [0.05, 0.1) is 6.54 Å². The SMILES string of the molecule is Cc1cc(CN=C=O)cc(C)c1F. The number of halogens is 1. The molecular formula is C10H10FNO. The molecule has 1 rings (SSSR count). The van der Waals surface area contributed by atoms with Crippen LogP contribution < -0.4 is 0 Å². The van der Waals surface area contributed by atoms with Crippen molar-refractivity contribution in [2.75, 3.05) is 0 Å². The molecule has 0 bridgehead atoms. The highest BCUT2D eigenvalue weighted by Gasteiger charge is 2.03. The standard InChI is InChI=1S/C10H10FNO/c1-7-3-9(5-12-6-13)4-8(2)10(7)11/h3-4H,5H2,1-2H3. The highest BCUT2D eigenvalue weighted by Crippen LogP contribution is 2.14. The van der Waals surface area contributed by atoms with E-state index in [1.807, 2.05) is 0 Å². The number of aryl methyl sites for hydroxylation is 2. The normalized spacial score (nSPS) is 9.46. The maximum absolute atomic E-state index is 13.1. The molecule has 2 nitrogen and oxygen atoms in total. The van der Waals surface area contributed by atoms with Crippen LogP contribution in [0.2, 0.25) is 0 Å². The third-order valence-electron chi connectivity index (χ3n) is 1.82. The van der Waals surface area contributed by atoms with E-state index in [2.05, 4.69) is 4.99 Å². The molecule has 0 fully saturated rings. The Bertz CT molecular complexity index is 344. The Kier molecular flexibility index (Phi) is 2.93. The molecule has 68 valence electrons. The first-order valence-electron chi connectivity index (χ1n) is 3.94. The van der Waals surface area contributed by atoms with Crippen LogP contribution in [0.25, 0.3) is 0 Å². The van der Waals surface area contributed by atoms with E-state index >= 15 is 0 Å². The zero-order chi connectivity index (χ0) is 9.84. The van der Waals surface area contributed by atoms with Gasteiger partial charge in [-0.25, -0.2) is 14.2 Å². The Morgan fingerprint density at radius 2 is 1.92 bits per heavy atom. The van der Waals surface area contributed by atoms with Crippen molar-refractivity contribution in [3.63, 3.8) is 0 Å². The first-order valence-corrected chi connectivity index (χ1v) is 3.94. The average molecular weight is 179 g/mol. The van der Waals surface area contributed by atoms with Crippen molar-refractivity contribution in [1.29, 1.82) is 0 Å². The second-order valence-corrected chi connectivity index (χ2v) is 2.95. The number of hydrogen-bond donors (Lipinski definition) is 0. The maximum atomic E-state index is 13.1. The fourth-order valence-corrected chi connectivity index (χ4v) is 1.25. The molecule has 0 spiro atoms. The van der Waals surface area contributed by atoms with E-state index < -0.39 is 0 Å². The van der Waals surface area contributed by atoms with Crippen molar-refractivity contribution < 1.29 is 9.18 Å². The summed E-state index contributed by atoms with van der Waals surface area (Å²) in [6.07, 6.45) is 1.45. The minimum atomic E-state index is -0.196. The van der Waals surface area contributed by atoms with Crippen molar-refractivity contribution >= 4 is 6.08 Å². The molecule has 0 aromatic heterocycles. The van der Waals surface area contributed by atoms with E-state index in [0.29, 0.717) is 11.1 Å². The Balaban J connectivity index is 3.05. The largest absolute Gasteiger partial charge is 0.235 e. The third-order valence-corrected chi connectivity index (χ3v) is 1.82. The minimum absolute atomic E-state index is 0.196. The molecule has 0 radical (unpaired) electrons. The van der Waals surface area contributed by atoms with E-state index in [4.69, 9.17) is 0 Å². The molecule has 0 amide bonds. The Hall–Kier alpha value is -1.47. The van der Waals surface area contributed by atoms with Gasteiger partial charge in [0, 0.05) is 0 Å². The monoisotopic (exact) mass is 179 g/mol. The third kappa shape index (κ3) is 2.23. The number of benzene rings is 1. The quantitative estimate of drug-likeness (QED) is 0.506. The van der Waals surface area contributed by atoms with Gasteiger partial charge in [0.2, 0.25) is 6.08 Å². The molecule has 0 saturated heterocycles. The molecule has 0 heterocycles. The lowest BCUT2D eigenvalue weighted by atomic mass is 10.1. The van der Waals surface area contributed by atoms with Crippen LogP contribution in [-0.2, 0) is 11.3 Å². The molecule has 0 unspecified atom stereocenters. The van der Waals surface area contributed by atoms with Crippen LogP contribution in [0, 0.1) is 19.7 Å². The molecule has 1 aromatic carbocycles. The van der Waals surface area contributed by atoms with Gasteiger partial charge in [0.25, 0.3) is 0 Å². The zero-order valence-corrected chi connectivity index (χ0v) is 7.60. The second kappa shape index (κ2) is 3.97. The number of aliphatic imine (C=N–C) groups is 1. The van der Waals surface area contributed by atoms with Crippen molar-refractivity contribution in [1.82, 2.24) is 0 Å². The molecule has 0 aliphatic carbocycles. The van der Waals surface area contributed by atoms with Gasteiger partial charge in [0.1, 0.15) is 5.82 Å². The second-order valence-electron chi connectivity index (χ2n) is 2.95. The summed E-state index contributed by atoms with van der Waals surface area (Å²) in [6.45, 7) is 3.65. The summed E-state index contributed by atoms with van der Waals surface area (Å²) >= 11 is 0. The lowest BCUT2D eigenvalue weighted by molar-refractivity contribution is 0.562. The summed E-state index contributed by atoms with van der Waals surface area (Å²) in [5.74, 6) is -0.196. The Labute approximate surface area is 76.1 Å². The molecule has 0 saturated carbocycles. The summed E-state index contributed by atoms with van der Waals surface area (Å²) in [5, 5.41) is 0. The van der Waals surface area contributed by atoms with Gasteiger partial charge in [0.15, 0.2) is 0 Å². The summed E-state index contributed by atoms with van der Waals surface area (Å²) in [5.41, 5.74) is 1.99. The molecule has 0 aliphatic rings. The first kappa shape index (κ1) is 9.62. The van der Waals surface area contributed by atoms with E-state index in [1.165, 1.54) is 6.08 Å². The van der Waals surface area contributed by atoms with Crippen molar-refractivity contribution in [2.24, 2.45) is 4.99 Å². The van der Waals surface area contributed by atoms with Crippen LogP contribution in [0.5, 0.6) is 0 Å². The molecule has 3 heteroatoms. The van der Waals surface area contributed by atoms with Gasteiger partial charge in [-0.05, 0) is 30.5 Å². The van der Waals surface area contributed by atoms with Crippen LogP contribution in [0.3, 0.4) is 0 Å². The van der Waals surface area contributed by atoms with Crippen LogP contribution in [0.4, 0.5) is 4.39 Å². The van der Waals surface area contributed by atoms with Gasteiger partial charge in [-0.3, -0.25) is 0 Å². The smallest absolute Gasteiger partial charge is 0.211 e. The number of carbonyl (C=O) groups excluding carboxylic acids is 1. The maximum Gasteiger partial charge on any atom is 0.235 e. The molecule has 1 aromatic rings. The molecule has 0 N–H and O–H groups in total. The summed E-state index contributed by atoms with van der Waals surface area (Å²) in [7, 11) is 0. The van der Waals surface area contributed by atoms with Gasteiger partial charge < -0.3 is 0 Å². The highest BCUT2D eigenvalue weighted by atomic mass is 19.1. The fourth-order valence-electron chi connectivity index (χ4n) is 1.25. The Morgan fingerprint density at radius 3 is 2.38 bits per heavy atom. The van der Waals surface area contributed by atoms with E-state index in [-0.39, 0.29) is 12.4 Å². The van der Waals surface area contributed by atoms with Crippen molar-refractivity contribution in [2.45, 2.75) is 20.4 Å². The molecule has 0 atom stereocenters. The lowest BCUT2D eigenvalue weighted by Crippen LogP contribution is -1.91. The molecule has 13 heavy (non-hydrogen) atoms. The lowest BCUT2D eigenvalue weighted by Gasteiger charge is -2.03. The fraction of sp³-hybridized carbons (Fsp3) is 0.300. The molecule has 0 aliphatic heterocycles. The van der Waals surface area contributed by atoms with Crippen LogP contribution in [0.15, 0.2) is 17.1 Å². The predicted octanol–water partition coefficient (Wildman–Crippen LogP) is 2.28. The topological polar surface area (TPSA) is 29.4 Å². The van der Waals surface area contributed by atoms with Crippen LogP contribution in [-0.4, -0.2) is 6.08 Å². The number of hydrogen-bond acceptors (Lipinski definition) is 2. The summed E-state index contributed by atoms with van der Waals surface area (Å²) in [6, 6.07) is 3.37. The van der Waals surface area contributed by atoms with Gasteiger partial charge in [-0.2, -0.15) is 0 Å².